The lowest BCUT2D eigenvalue weighted by atomic mass is 10.2. The van der Waals surface area contributed by atoms with Crippen LogP contribution in [0.3, 0.4) is 0 Å². The maximum Gasteiger partial charge on any atom is 0.237 e. The molecule has 0 aromatic heterocycles. The molecule has 114 valence electrons. The van der Waals surface area contributed by atoms with E-state index < -0.39 is 0 Å². The van der Waals surface area contributed by atoms with E-state index in [0.29, 0.717) is 11.4 Å². The van der Waals surface area contributed by atoms with Crippen molar-refractivity contribution in [1.29, 1.82) is 0 Å². The largest absolute Gasteiger partial charge is 0.495 e. The summed E-state index contributed by atoms with van der Waals surface area (Å²) in [6, 6.07) is 5.57. The number of carbonyl (C=O) groups excluding carboxylic acids is 2. The highest BCUT2D eigenvalue weighted by Crippen LogP contribution is 2.25. The van der Waals surface area contributed by atoms with Gasteiger partial charge in [0.25, 0.3) is 0 Å². The Balaban J connectivity index is 1.87. The minimum atomic E-state index is -0.323. The Labute approximate surface area is 127 Å². The van der Waals surface area contributed by atoms with Gasteiger partial charge in [0, 0.05) is 0 Å². The van der Waals surface area contributed by atoms with E-state index in [2.05, 4.69) is 21.5 Å². The second-order valence-electron chi connectivity index (χ2n) is 4.51. The van der Waals surface area contributed by atoms with Crippen LogP contribution in [0.2, 0.25) is 0 Å². The zero-order chi connectivity index (χ0) is 15.2. The molecule has 1 aromatic carbocycles. The first-order valence-electron chi connectivity index (χ1n) is 6.42. The number of carbonyl (C=O) groups is 2. The van der Waals surface area contributed by atoms with Crippen molar-refractivity contribution < 1.29 is 14.3 Å². The first kappa shape index (κ1) is 15.6. The number of benzene rings is 1. The Morgan fingerprint density at radius 2 is 2.33 bits per heavy atom. The fourth-order valence-electron chi connectivity index (χ4n) is 1.81. The summed E-state index contributed by atoms with van der Waals surface area (Å²) in [5.74, 6) is 0.554. The molecule has 0 saturated carbocycles. The smallest absolute Gasteiger partial charge is 0.237 e. The topological polar surface area (TPSA) is 91.5 Å². The monoisotopic (exact) mass is 310 g/mol. The predicted octanol–water partition coefficient (Wildman–Crippen LogP) is 0.183. The van der Waals surface area contributed by atoms with E-state index in [9.17, 15) is 9.59 Å². The van der Waals surface area contributed by atoms with Crippen LogP contribution in [0.1, 0.15) is 5.56 Å². The quantitative estimate of drug-likeness (QED) is 0.620. The number of methoxy groups -OCH3 is 1. The highest BCUT2D eigenvalue weighted by atomic mass is 32.2. The molecule has 0 spiro atoms. The molecule has 1 aliphatic rings. The molecule has 1 atom stereocenters. The molecule has 1 aromatic rings. The van der Waals surface area contributed by atoms with Gasteiger partial charge in [0.1, 0.15) is 11.2 Å². The Hall–Kier alpha value is -1.77. The van der Waals surface area contributed by atoms with Gasteiger partial charge < -0.3 is 15.4 Å². The number of anilines is 1. The number of nitrogens with one attached hydrogen (secondary N) is 4. The third kappa shape index (κ3) is 4.62. The molecular weight excluding hydrogens is 292 g/mol. The molecule has 1 aliphatic heterocycles. The highest BCUT2D eigenvalue weighted by Gasteiger charge is 2.18. The summed E-state index contributed by atoms with van der Waals surface area (Å²) in [5, 5.41) is 5.52. The molecule has 2 rings (SSSR count). The van der Waals surface area contributed by atoms with Crippen molar-refractivity contribution in [3.05, 3.63) is 23.8 Å². The van der Waals surface area contributed by atoms with Gasteiger partial charge in [-0.15, -0.1) is 11.8 Å². The number of hydrogen-bond donors (Lipinski definition) is 4. The van der Waals surface area contributed by atoms with Crippen LogP contribution < -0.4 is 26.2 Å². The normalized spacial score (nSPS) is 18.0. The zero-order valence-corrected chi connectivity index (χ0v) is 12.7. The molecule has 1 fully saturated rings. The van der Waals surface area contributed by atoms with E-state index in [1.165, 1.54) is 11.8 Å². The van der Waals surface area contributed by atoms with E-state index in [4.69, 9.17) is 4.74 Å². The molecule has 0 radical (unpaired) electrons. The summed E-state index contributed by atoms with van der Waals surface area (Å²) in [5.41, 5.74) is 6.98. The summed E-state index contributed by atoms with van der Waals surface area (Å²) < 4.78 is 5.21. The molecule has 1 unspecified atom stereocenters. The van der Waals surface area contributed by atoms with Gasteiger partial charge in [0.05, 0.1) is 25.1 Å². The fourth-order valence-corrected chi connectivity index (χ4v) is 2.58. The van der Waals surface area contributed by atoms with Gasteiger partial charge >= 0.3 is 0 Å². The lowest BCUT2D eigenvalue weighted by Crippen LogP contribution is -2.58. The van der Waals surface area contributed by atoms with E-state index in [1.807, 2.05) is 25.1 Å². The molecule has 1 saturated heterocycles. The molecule has 2 amide bonds. The molecule has 0 aliphatic carbocycles. The Morgan fingerprint density at radius 1 is 1.52 bits per heavy atom. The van der Waals surface area contributed by atoms with Gasteiger partial charge in [-0.05, 0) is 24.6 Å². The van der Waals surface area contributed by atoms with E-state index in [-0.39, 0.29) is 29.6 Å². The highest BCUT2D eigenvalue weighted by molar-refractivity contribution is 8.00. The van der Waals surface area contributed by atoms with Gasteiger partial charge in [0.15, 0.2) is 0 Å². The van der Waals surface area contributed by atoms with Crippen LogP contribution in [0.15, 0.2) is 18.2 Å². The number of ether oxygens (including phenoxy) is 1. The van der Waals surface area contributed by atoms with Crippen LogP contribution in [0.25, 0.3) is 0 Å². The van der Waals surface area contributed by atoms with Gasteiger partial charge in [-0.25, -0.2) is 10.9 Å². The van der Waals surface area contributed by atoms with Crippen LogP contribution in [-0.4, -0.2) is 36.7 Å². The maximum atomic E-state index is 12.0. The summed E-state index contributed by atoms with van der Waals surface area (Å²) in [7, 11) is 1.56. The van der Waals surface area contributed by atoms with Crippen LogP contribution in [0, 0.1) is 6.92 Å². The van der Waals surface area contributed by atoms with E-state index in [0.717, 1.165) is 5.56 Å². The Bertz CT molecular complexity index is 538. The van der Waals surface area contributed by atoms with Crippen molar-refractivity contribution >= 4 is 29.3 Å². The Morgan fingerprint density at radius 3 is 3.05 bits per heavy atom. The first-order valence-corrected chi connectivity index (χ1v) is 7.47. The van der Waals surface area contributed by atoms with Crippen molar-refractivity contribution in [3.8, 4) is 5.75 Å². The summed E-state index contributed by atoms with van der Waals surface area (Å²) >= 11 is 1.29. The standard InChI is InChI=1S/C13H18N4O3S/c1-8-3-4-10(20-2)9(5-8)15-12(19)7-21-13-16-11(18)6-14-17-13/h3-5,13-14,17H,6-7H2,1-2H3,(H,15,19)(H,16,18). The minimum absolute atomic E-state index is 0.105. The molecule has 0 bridgehead atoms. The zero-order valence-electron chi connectivity index (χ0n) is 11.9. The van der Waals surface area contributed by atoms with Crippen LogP contribution in [-0.2, 0) is 9.59 Å². The van der Waals surface area contributed by atoms with Crippen LogP contribution in [0.5, 0.6) is 5.75 Å². The lowest BCUT2D eigenvalue weighted by molar-refractivity contribution is -0.122. The van der Waals surface area contributed by atoms with Crippen molar-refractivity contribution in [2.45, 2.75) is 12.4 Å². The molecule has 7 nitrogen and oxygen atoms in total. The van der Waals surface area contributed by atoms with Gasteiger partial charge in [-0.1, -0.05) is 6.07 Å². The number of thioether (sulfide) groups is 1. The second kappa shape index (κ2) is 7.30. The van der Waals surface area contributed by atoms with Crippen molar-refractivity contribution in [3.63, 3.8) is 0 Å². The first-order chi connectivity index (χ1) is 10.1. The lowest BCUT2D eigenvalue weighted by Gasteiger charge is -2.24. The van der Waals surface area contributed by atoms with Gasteiger partial charge in [0.2, 0.25) is 11.8 Å². The number of hydrogen-bond acceptors (Lipinski definition) is 6. The van der Waals surface area contributed by atoms with E-state index in [1.54, 1.807) is 7.11 Å². The van der Waals surface area contributed by atoms with Crippen molar-refractivity contribution in [1.82, 2.24) is 16.2 Å². The molecule has 4 N–H and O–H groups in total. The summed E-state index contributed by atoms with van der Waals surface area (Å²) in [4.78, 5) is 23.2. The van der Waals surface area contributed by atoms with Crippen LogP contribution in [0.4, 0.5) is 5.69 Å². The minimum Gasteiger partial charge on any atom is -0.495 e. The molecule has 21 heavy (non-hydrogen) atoms. The maximum absolute atomic E-state index is 12.0. The number of hydrazine groups is 1. The fraction of sp³-hybridized carbons (Fsp3) is 0.385. The third-order valence-corrected chi connectivity index (χ3v) is 3.78. The second-order valence-corrected chi connectivity index (χ2v) is 5.60. The summed E-state index contributed by atoms with van der Waals surface area (Å²) in [6.45, 7) is 2.17. The van der Waals surface area contributed by atoms with Gasteiger partial charge in [-0.3, -0.25) is 9.59 Å². The number of rotatable bonds is 5. The number of aryl methyl sites for hydroxylation is 1. The van der Waals surface area contributed by atoms with Gasteiger partial charge in [-0.2, -0.15) is 0 Å². The summed E-state index contributed by atoms with van der Waals surface area (Å²) in [6.07, 6.45) is 0. The van der Waals surface area contributed by atoms with E-state index >= 15 is 0 Å². The average Bonchev–Trinajstić information content (AvgIpc) is 2.45. The molecule has 1 heterocycles. The average molecular weight is 310 g/mol. The molecule has 8 heteroatoms. The predicted molar refractivity (Wildman–Crippen MR) is 81.9 cm³/mol. The number of amides is 2. The van der Waals surface area contributed by atoms with Crippen LogP contribution >= 0.6 is 11.8 Å². The SMILES string of the molecule is COc1ccc(C)cc1NC(=O)CSC1NNCC(=O)N1. The van der Waals surface area contributed by atoms with Crippen molar-refractivity contribution in [2.75, 3.05) is 24.7 Å². The van der Waals surface area contributed by atoms with Crippen molar-refractivity contribution in [2.24, 2.45) is 0 Å². The Kier molecular flexibility index (Phi) is 5.43. The third-order valence-electron chi connectivity index (χ3n) is 2.78. The molecular formula is C13H18N4O3S.